The molecule has 0 aromatic carbocycles. The van der Waals surface area contributed by atoms with Crippen LogP contribution in [-0.4, -0.2) is 11.0 Å². The number of hydrogen-bond donors (Lipinski definition) is 1. The topological polar surface area (TPSA) is 24.9 Å². The van der Waals surface area contributed by atoms with E-state index in [1.165, 1.54) is 28.4 Å². The van der Waals surface area contributed by atoms with Gasteiger partial charge in [0.05, 0.1) is 10.7 Å². The second-order valence-corrected chi connectivity index (χ2v) is 6.52. The molecule has 0 spiro atoms. The SMILES string of the molecule is Cc1nc(C)c(CNC(C(C)C)C2CC2)s1. The second-order valence-electron chi connectivity index (χ2n) is 5.23. The van der Waals surface area contributed by atoms with E-state index >= 15 is 0 Å². The van der Waals surface area contributed by atoms with E-state index in [4.69, 9.17) is 0 Å². The zero-order valence-electron chi connectivity index (χ0n) is 10.7. The van der Waals surface area contributed by atoms with Crippen LogP contribution in [0.5, 0.6) is 0 Å². The summed E-state index contributed by atoms with van der Waals surface area (Å²) in [7, 11) is 0. The fourth-order valence-electron chi connectivity index (χ4n) is 2.35. The lowest BCUT2D eigenvalue weighted by Gasteiger charge is -2.21. The first kappa shape index (κ1) is 12.1. The van der Waals surface area contributed by atoms with Crippen molar-refractivity contribution in [3.63, 3.8) is 0 Å². The van der Waals surface area contributed by atoms with E-state index in [9.17, 15) is 0 Å². The Morgan fingerprint density at radius 2 is 2.06 bits per heavy atom. The van der Waals surface area contributed by atoms with Gasteiger partial charge in [0, 0.05) is 17.5 Å². The van der Waals surface area contributed by atoms with Gasteiger partial charge >= 0.3 is 0 Å². The lowest BCUT2D eigenvalue weighted by atomic mass is 9.99. The Morgan fingerprint density at radius 1 is 1.38 bits per heavy atom. The van der Waals surface area contributed by atoms with E-state index in [2.05, 4.69) is 38.0 Å². The molecule has 1 aromatic rings. The van der Waals surface area contributed by atoms with Gasteiger partial charge in [0.1, 0.15) is 0 Å². The average Bonchev–Trinajstić information content (AvgIpc) is 2.94. The number of hydrogen-bond acceptors (Lipinski definition) is 3. The van der Waals surface area contributed by atoms with Crippen LogP contribution in [0, 0.1) is 25.7 Å². The summed E-state index contributed by atoms with van der Waals surface area (Å²) in [6.07, 6.45) is 2.83. The molecule has 90 valence electrons. The van der Waals surface area contributed by atoms with Crippen molar-refractivity contribution < 1.29 is 0 Å². The van der Waals surface area contributed by atoms with Crippen molar-refractivity contribution in [2.75, 3.05) is 0 Å². The molecule has 0 saturated heterocycles. The Bertz CT molecular complexity index is 351. The van der Waals surface area contributed by atoms with Crippen LogP contribution < -0.4 is 5.32 Å². The third-order valence-electron chi connectivity index (χ3n) is 3.35. The third kappa shape index (κ3) is 2.83. The van der Waals surface area contributed by atoms with Gasteiger partial charge < -0.3 is 5.32 Å². The molecular weight excluding hydrogens is 216 g/mol. The van der Waals surface area contributed by atoms with Crippen LogP contribution in [0.1, 0.15) is 42.3 Å². The monoisotopic (exact) mass is 238 g/mol. The summed E-state index contributed by atoms with van der Waals surface area (Å²) in [6, 6.07) is 0.696. The average molecular weight is 238 g/mol. The molecule has 2 rings (SSSR count). The number of rotatable bonds is 5. The molecule has 1 aromatic heterocycles. The molecule has 1 N–H and O–H groups in total. The predicted molar refractivity (Wildman–Crippen MR) is 69.8 cm³/mol. The summed E-state index contributed by atoms with van der Waals surface area (Å²) >= 11 is 1.83. The van der Waals surface area contributed by atoms with Crippen molar-refractivity contribution >= 4 is 11.3 Å². The molecule has 1 fully saturated rings. The molecular formula is C13H22N2S. The first-order valence-electron chi connectivity index (χ1n) is 6.24. The van der Waals surface area contributed by atoms with Crippen molar-refractivity contribution in [1.82, 2.24) is 10.3 Å². The summed E-state index contributed by atoms with van der Waals surface area (Å²) in [5, 5.41) is 4.90. The van der Waals surface area contributed by atoms with Crippen LogP contribution in [-0.2, 0) is 6.54 Å². The quantitative estimate of drug-likeness (QED) is 0.851. The molecule has 1 saturated carbocycles. The van der Waals surface area contributed by atoms with E-state index in [0.29, 0.717) is 6.04 Å². The van der Waals surface area contributed by atoms with Gasteiger partial charge in [0.2, 0.25) is 0 Å². The van der Waals surface area contributed by atoms with Crippen LogP contribution in [0.2, 0.25) is 0 Å². The second kappa shape index (κ2) is 4.84. The third-order valence-corrected chi connectivity index (χ3v) is 4.42. The Hall–Kier alpha value is -0.410. The van der Waals surface area contributed by atoms with Crippen molar-refractivity contribution in [2.24, 2.45) is 11.8 Å². The fourth-order valence-corrected chi connectivity index (χ4v) is 3.24. The van der Waals surface area contributed by atoms with E-state index in [-0.39, 0.29) is 0 Å². The van der Waals surface area contributed by atoms with Gasteiger partial charge in [-0.25, -0.2) is 4.98 Å². The molecule has 1 heterocycles. The molecule has 16 heavy (non-hydrogen) atoms. The maximum Gasteiger partial charge on any atom is 0.0900 e. The van der Waals surface area contributed by atoms with Crippen LogP contribution in [0.25, 0.3) is 0 Å². The molecule has 0 bridgehead atoms. The molecule has 0 amide bonds. The number of nitrogens with zero attached hydrogens (tertiary/aromatic N) is 1. The van der Waals surface area contributed by atoms with Crippen LogP contribution in [0.15, 0.2) is 0 Å². The van der Waals surface area contributed by atoms with Crippen molar-refractivity contribution in [2.45, 2.75) is 53.1 Å². The fraction of sp³-hybridized carbons (Fsp3) is 0.769. The summed E-state index contributed by atoms with van der Waals surface area (Å²) in [6.45, 7) is 9.84. The van der Waals surface area contributed by atoms with Gasteiger partial charge in [0.15, 0.2) is 0 Å². The Balaban J connectivity index is 1.92. The first-order valence-corrected chi connectivity index (χ1v) is 7.06. The highest BCUT2D eigenvalue weighted by molar-refractivity contribution is 7.11. The van der Waals surface area contributed by atoms with Gasteiger partial charge in [-0.3, -0.25) is 0 Å². The zero-order chi connectivity index (χ0) is 11.7. The van der Waals surface area contributed by atoms with Crippen LogP contribution in [0.3, 0.4) is 0 Å². The molecule has 1 unspecified atom stereocenters. The number of nitrogens with one attached hydrogen (secondary N) is 1. The minimum atomic E-state index is 0.696. The van der Waals surface area contributed by atoms with Gasteiger partial charge in [-0.1, -0.05) is 13.8 Å². The summed E-state index contributed by atoms with van der Waals surface area (Å²) in [5.41, 5.74) is 1.20. The van der Waals surface area contributed by atoms with Crippen molar-refractivity contribution in [1.29, 1.82) is 0 Å². The van der Waals surface area contributed by atoms with Crippen LogP contribution >= 0.6 is 11.3 Å². The largest absolute Gasteiger partial charge is 0.309 e. The summed E-state index contributed by atoms with van der Waals surface area (Å²) in [4.78, 5) is 5.88. The highest BCUT2D eigenvalue weighted by Crippen LogP contribution is 2.36. The molecule has 3 heteroatoms. The van der Waals surface area contributed by atoms with E-state index in [1.54, 1.807) is 0 Å². The number of aromatic nitrogens is 1. The Labute approximate surface area is 102 Å². The van der Waals surface area contributed by atoms with Gasteiger partial charge in [-0.2, -0.15) is 0 Å². The van der Waals surface area contributed by atoms with Crippen molar-refractivity contribution in [3.05, 3.63) is 15.6 Å². The van der Waals surface area contributed by atoms with Gasteiger partial charge in [0.25, 0.3) is 0 Å². The van der Waals surface area contributed by atoms with E-state index in [0.717, 1.165) is 18.4 Å². The maximum atomic E-state index is 4.47. The highest BCUT2D eigenvalue weighted by atomic mass is 32.1. The highest BCUT2D eigenvalue weighted by Gasteiger charge is 2.32. The molecule has 1 atom stereocenters. The van der Waals surface area contributed by atoms with Crippen LogP contribution in [0.4, 0.5) is 0 Å². The normalized spacial score (nSPS) is 18.1. The Kier molecular flexibility index (Phi) is 3.65. The van der Waals surface area contributed by atoms with Gasteiger partial charge in [-0.05, 0) is 38.5 Å². The number of aryl methyl sites for hydroxylation is 2. The maximum absolute atomic E-state index is 4.47. The predicted octanol–water partition coefficient (Wildman–Crippen LogP) is 3.28. The molecule has 1 aliphatic carbocycles. The first-order chi connectivity index (χ1) is 7.58. The molecule has 0 radical (unpaired) electrons. The van der Waals surface area contributed by atoms with Crippen molar-refractivity contribution in [3.8, 4) is 0 Å². The van der Waals surface area contributed by atoms with Gasteiger partial charge in [-0.15, -0.1) is 11.3 Å². The standard InChI is InChI=1S/C13H22N2S/c1-8(2)13(11-5-6-11)14-7-12-9(3)15-10(4)16-12/h8,11,13-14H,5-7H2,1-4H3. The minimum Gasteiger partial charge on any atom is -0.309 e. The Morgan fingerprint density at radius 3 is 2.50 bits per heavy atom. The summed E-state index contributed by atoms with van der Waals surface area (Å²) < 4.78 is 0. The minimum absolute atomic E-state index is 0.696. The molecule has 2 nitrogen and oxygen atoms in total. The zero-order valence-corrected chi connectivity index (χ0v) is 11.5. The van der Waals surface area contributed by atoms with E-state index < -0.39 is 0 Å². The molecule has 1 aliphatic rings. The summed E-state index contributed by atoms with van der Waals surface area (Å²) in [5.74, 6) is 1.66. The number of thiazole rings is 1. The lowest BCUT2D eigenvalue weighted by molar-refractivity contribution is 0.360. The lowest BCUT2D eigenvalue weighted by Crippen LogP contribution is -2.35. The smallest absolute Gasteiger partial charge is 0.0900 e. The van der Waals surface area contributed by atoms with E-state index in [1.807, 2.05) is 11.3 Å². The molecule has 0 aliphatic heterocycles.